The number of rotatable bonds is 8. The molecule has 1 N–H and O–H groups in total. The molecular weight excluding hydrogens is 585 g/mol. The number of nitrogens with zero attached hydrogens (tertiary/aromatic N) is 2. The molecule has 10 nitrogen and oxygen atoms in total. The predicted molar refractivity (Wildman–Crippen MR) is 133 cm³/mol. The standard InChI is InChI=1S/C20H24IN3O7S2/c1-30-18-8-5-16(13-19(18)33(28,29)23-9-11-31-12-10-23)22-20(25)14-24(32(2,26)27)17-6-3-15(21)4-7-17/h3-8,13H,9-12,14H2,1-2H3,(H,22,25). The quantitative estimate of drug-likeness (QED) is 0.453. The fourth-order valence-electron chi connectivity index (χ4n) is 3.22. The van der Waals surface area contributed by atoms with Crippen molar-refractivity contribution in [3.05, 3.63) is 46.0 Å². The van der Waals surface area contributed by atoms with Crippen LogP contribution >= 0.6 is 22.6 Å². The number of halogens is 1. The summed E-state index contributed by atoms with van der Waals surface area (Å²) in [5.41, 5.74) is 0.544. The minimum atomic E-state index is -3.89. The maximum Gasteiger partial charge on any atom is 0.246 e. The Bertz CT molecular complexity index is 1210. The number of hydrogen-bond acceptors (Lipinski definition) is 7. The monoisotopic (exact) mass is 609 g/mol. The molecule has 180 valence electrons. The van der Waals surface area contributed by atoms with Gasteiger partial charge in [0.15, 0.2) is 0 Å². The summed E-state index contributed by atoms with van der Waals surface area (Å²) >= 11 is 2.10. The Labute approximate surface area is 207 Å². The van der Waals surface area contributed by atoms with Gasteiger partial charge in [-0.2, -0.15) is 4.31 Å². The molecule has 3 rings (SSSR count). The smallest absolute Gasteiger partial charge is 0.246 e. The molecule has 33 heavy (non-hydrogen) atoms. The number of carbonyl (C=O) groups is 1. The van der Waals surface area contributed by atoms with Gasteiger partial charge in [-0.3, -0.25) is 9.10 Å². The normalized spacial score (nSPS) is 15.1. The van der Waals surface area contributed by atoms with Crippen molar-refractivity contribution in [3.63, 3.8) is 0 Å². The summed E-state index contributed by atoms with van der Waals surface area (Å²) in [6.07, 6.45) is 1.01. The summed E-state index contributed by atoms with van der Waals surface area (Å²) in [5, 5.41) is 2.58. The first-order valence-corrected chi connectivity index (χ1v) is 14.2. The van der Waals surface area contributed by atoms with Gasteiger partial charge in [-0.1, -0.05) is 0 Å². The third kappa shape index (κ3) is 6.35. The number of benzene rings is 2. The van der Waals surface area contributed by atoms with Gasteiger partial charge in [0.05, 0.1) is 32.3 Å². The second kappa shape index (κ2) is 10.5. The van der Waals surface area contributed by atoms with Crippen LogP contribution in [0.1, 0.15) is 0 Å². The highest BCUT2D eigenvalue weighted by Crippen LogP contribution is 2.30. The highest BCUT2D eigenvalue weighted by atomic mass is 127. The molecule has 1 aliphatic rings. The van der Waals surface area contributed by atoms with Crippen LogP contribution in [0.4, 0.5) is 11.4 Å². The van der Waals surface area contributed by atoms with Crippen molar-refractivity contribution in [2.24, 2.45) is 0 Å². The van der Waals surface area contributed by atoms with Crippen LogP contribution in [0.15, 0.2) is 47.4 Å². The Morgan fingerprint density at radius 1 is 1.12 bits per heavy atom. The maximum absolute atomic E-state index is 13.1. The van der Waals surface area contributed by atoms with Gasteiger partial charge in [0.25, 0.3) is 0 Å². The van der Waals surface area contributed by atoms with E-state index < -0.39 is 32.5 Å². The molecule has 0 aromatic heterocycles. The average Bonchev–Trinajstić information content (AvgIpc) is 2.78. The molecule has 2 aromatic carbocycles. The molecule has 2 aromatic rings. The minimum Gasteiger partial charge on any atom is -0.495 e. The van der Waals surface area contributed by atoms with E-state index in [1.54, 1.807) is 24.3 Å². The van der Waals surface area contributed by atoms with Crippen LogP contribution in [0.2, 0.25) is 0 Å². The number of amides is 1. The number of nitrogens with one attached hydrogen (secondary N) is 1. The van der Waals surface area contributed by atoms with Gasteiger partial charge in [0.1, 0.15) is 17.2 Å². The molecule has 1 fully saturated rings. The largest absolute Gasteiger partial charge is 0.495 e. The van der Waals surface area contributed by atoms with Gasteiger partial charge in [-0.15, -0.1) is 0 Å². The molecule has 1 amide bonds. The van der Waals surface area contributed by atoms with Crippen LogP contribution in [-0.4, -0.2) is 73.3 Å². The first kappa shape index (κ1) is 25.7. The molecule has 13 heteroatoms. The van der Waals surface area contributed by atoms with Gasteiger partial charge >= 0.3 is 0 Å². The van der Waals surface area contributed by atoms with Gasteiger partial charge in [-0.25, -0.2) is 16.8 Å². The Kier molecular flexibility index (Phi) is 8.21. The Balaban J connectivity index is 1.84. The van der Waals surface area contributed by atoms with Crippen LogP contribution in [0, 0.1) is 3.57 Å². The van der Waals surface area contributed by atoms with Gasteiger partial charge in [0.2, 0.25) is 26.0 Å². The van der Waals surface area contributed by atoms with E-state index in [2.05, 4.69) is 27.9 Å². The zero-order chi connectivity index (χ0) is 24.2. The van der Waals surface area contributed by atoms with E-state index in [-0.39, 0.29) is 42.6 Å². The zero-order valence-electron chi connectivity index (χ0n) is 18.0. The third-order valence-electron chi connectivity index (χ3n) is 4.84. The number of sulfonamides is 2. The number of ether oxygens (including phenoxy) is 2. The first-order valence-electron chi connectivity index (χ1n) is 9.81. The highest BCUT2D eigenvalue weighted by molar-refractivity contribution is 14.1. The molecule has 1 heterocycles. The van der Waals surface area contributed by atoms with Crippen LogP contribution in [-0.2, 0) is 29.6 Å². The number of carbonyl (C=O) groups excluding carboxylic acids is 1. The summed E-state index contributed by atoms with van der Waals surface area (Å²) < 4.78 is 64.4. The molecule has 0 saturated carbocycles. The van der Waals surface area contributed by atoms with E-state index in [0.717, 1.165) is 14.1 Å². The lowest BCUT2D eigenvalue weighted by atomic mass is 10.3. The summed E-state index contributed by atoms with van der Waals surface area (Å²) in [4.78, 5) is 12.6. The second-order valence-corrected chi connectivity index (χ2v) is 12.2. The molecule has 0 aliphatic carbocycles. The van der Waals surface area contributed by atoms with E-state index >= 15 is 0 Å². The molecule has 0 unspecified atom stereocenters. The Morgan fingerprint density at radius 3 is 2.33 bits per heavy atom. The average molecular weight is 609 g/mol. The number of morpholine rings is 1. The summed E-state index contributed by atoms with van der Waals surface area (Å²) in [7, 11) is -6.27. The SMILES string of the molecule is COc1ccc(NC(=O)CN(c2ccc(I)cc2)S(C)(=O)=O)cc1S(=O)(=O)N1CCOCC1. The summed E-state index contributed by atoms with van der Waals surface area (Å²) in [6.45, 7) is 0.523. The van der Waals surface area contributed by atoms with E-state index in [9.17, 15) is 21.6 Å². The van der Waals surface area contributed by atoms with Crippen molar-refractivity contribution in [2.75, 3.05) is 55.8 Å². The maximum atomic E-state index is 13.1. The molecule has 0 bridgehead atoms. The van der Waals surface area contributed by atoms with Crippen molar-refractivity contribution < 1.29 is 31.1 Å². The van der Waals surface area contributed by atoms with E-state index in [1.165, 1.54) is 29.6 Å². The van der Waals surface area contributed by atoms with Crippen LogP contribution in [0.25, 0.3) is 0 Å². The molecule has 1 saturated heterocycles. The first-order chi connectivity index (χ1) is 15.5. The zero-order valence-corrected chi connectivity index (χ0v) is 21.8. The van der Waals surface area contributed by atoms with Crippen molar-refractivity contribution in [2.45, 2.75) is 4.90 Å². The molecule has 1 aliphatic heterocycles. The molecule has 0 atom stereocenters. The van der Waals surface area contributed by atoms with Crippen LogP contribution < -0.4 is 14.4 Å². The minimum absolute atomic E-state index is 0.0951. The topological polar surface area (TPSA) is 122 Å². The lowest BCUT2D eigenvalue weighted by molar-refractivity contribution is -0.114. The van der Waals surface area contributed by atoms with Gasteiger partial charge < -0.3 is 14.8 Å². The van der Waals surface area contributed by atoms with Crippen molar-refractivity contribution in [1.82, 2.24) is 4.31 Å². The fourth-order valence-corrected chi connectivity index (χ4v) is 6.03. The van der Waals surface area contributed by atoms with E-state index in [0.29, 0.717) is 5.69 Å². The van der Waals surface area contributed by atoms with E-state index in [1.807, 2.05) is 0 Å². The van der Waals surface area contributed by atoms with Gasteiger partial charge in [-0.05, 0) is 65.1 Å². The van der Waals surface area contributed by atoms with Crippen molar-refractivity contribution in [1.29, 1.82) is 0 Å². The Morgan fingerprint density at radius 2 is 1.76 bits per heavy atom. The van der Waals surface area contributed by atoms with Crippen molar-refractivity contribution in [3.8, 4) is 5.75 Å². The third-order valence-corrected chi connectivity index (χ3v) is 8.62. The second-order valence-electron chi connectivity index (χ2n) is 7.18. The number of anilines is 2. The molecule has 0 radical (unpaired) electrons. The van der Waals surface area contributed by atoms with Crippen molar-refractivity contribution >= 4 is 59.9 Å². The van der Waals surface area contributed by atoms with Crippen LogP contribution in [0.3, 0.4) is 0 Å². The molecular formula is C20H24IN3O7S2. The molecule has 0 spiro atoms. The predicted octanol–water partition coefficient (Wildman–Crippen LogP) is 1.73. The number of hydrogen-bond donors (Lipinski definition) is 1. The summed E-state index contributed by atoms with van der Waals surface area (Å²) in [5.74, 6) is -0.491. The van der Waals surface area contributed by atoms with E-state index in [4.69, 9.17) is 9.47 Å². The lowest BCUT2D eigenvalue weighted by Crippen LogP contribution is -2.40. The lowest BCUT2D eigenvalue weighted by Gasteiger charge is -2.27. The number of methoxy groups -OCH3 is 1. The van der Waals surface area contributed by atoms with Crippen LogP contribution in [0.5, 0.6) is 5.75 Å². The highest BCUT2D eigenvalue weighted by Gasteiger charge is 2.30. The van der Waals surface area contributed by atoms with Gasteiger partial charge in [0, 0.05) is 22.3 Å². The Hall–Kier alpha value is -1.94. The summed E-state index contributed by atoms with van der Waals surface area (Å²) in [6, 6.07) is 10.9. The fraction of sp³-hybridized carbons (Fsp3) is 0.350.